The molecule has 0 aliphatic carbocycles. The molecule has 0 spiro atoms. The van der Waals surface area contributed by atoms with Crippen molar-refractivity contribution in [2.24, 2.45) is 0 Å². The molecule has 134 valence electrons. The van der Waals surface area contributed by atoms with Crippen LogP contribution in [0.2, 0.25) is 0 Å². The largest absolute Gasteiger partial charge is 0 e. The van der Waals surface area contributed by atoms with Gasteiger partial charge in [0.15, 0.2) is 9.84 Å². The molecule has 10 heteroatoms. The minimum absolute atomic E-state index is 0. The average molecular weight is 408 g/mol. The first-order valence-electron chi connectivity index (χ1n) is 5.44. The molecule has 0 heterocycles. The summed E-state index contributed by atoms with van der Waals surface area (Å²) in [6.45, 7) is 19.2. The molecular weight excluding hydrogens is 396 g/mol. The van der Waals surface area contributed by atoms with Crippen molar-refractivity contribution in [2.45, 2.75) is 11.8 Å². The van der Waals surface area contributed by atoms with Gasteiger partial charge in [-0.25, -0.2) is 8.42 Å². The quantitative estimate of drug-likeness (QED) is 0.238. The Kier molecular flexibility index (Phi) is 37.2. The van der Waals surface area contributed by atoms with E-state index >= 15 is 0 Å². The SMILES string of the molecule is CC(=O)OC[CH][CH]S(=O)(=O)c1ccccc1.[C-]#[O+].[C-]#[O+].[C-]#[O+].[C-]#[O+].[Fe]. The van der Waals surface area contributed by atoms with Crippen molar-refractivity contribution < 1.29 is 53.6 Å². The van der Waals surface area contributed by atoms with Crippen LogP contribution in [0.3, 0.4) is 0 Å². The molecule has 0 fully saturated rings. The van der Waals surface area contributed by atoms with Gasteiger partial charge in [-0.15, -0.1) is 0 Å². The summed E-state index contributed by atoms with van der Waals surface area (Å²) in [6.07, 6.45) is 1.30. The fraction of sp³-hybridized carbons (Fsp3) is 0.133. The first-order chi connectivity index (χ1) is 11.5. The molecule has 2 radical (unpaired) electrons. The molecule has 1 rings (SSSR count). The Labute approximate surface area is 157 Å². The summed E-state index contributed by atoms with van der Waals surface area (Å²) < 4.78 is 57.9. The Morgan fingerprint density at radius 1 is 1.00 bits per heavy atom. The zero-order valence-electron chi connectivity index (χ0n) is 12.8. The van der Waals surface area contributed by atoms with E-state index in [-0.39, 0.29) is 28.6 Å². The number of hydrogen-bond donors (Lipinski definition) is 0. The van der Waals surface area contributed by atoms with Gasteiger partial charge in [0.05, 0.1) is 17.3 Å². The molecule has 25 heavy (non-hydrogen) atoms. The summed E-state index contributed by atoms with van der Waals surface area (Å²) in [6, 6.07) is 8.04. The molecule has 0 N–H and O–H groups in total. The van der Waals surface area contributed by atoms with Gasteiger partial charge in [-0.3, -0.25) is 4.79 Å². The molecule has 0 aromatic heterocycles. The monoisotopic (exact) mass is 408 g/mol. The van der Waals surface area contributed by atoms with Gasteiger partial charge in [0.1, 0.15) is 0 Å². The molecule has 0 aliphatic heterocycles. The van der Waals surface area contributed by atoms with Gasteiger partial charge in [0, 0.05) is 30.4 Å². The van der Waals surface area contributed by atoms with Crippen LogP contribution in [0.15, 0.2) is 35.2 Å². The number of ether oxygens (including phenoxy) is 1. The standard InChI is InChI=1S/C11H12O4S.4CO.Fe/c1-10(12)15-8-5-9-16(13,14)11-6-3-2-4-7-11;4*1-2;/h2-7,9H,8H2,1H3;;;;;. The maximum absolute atomic E-state index is 11.6. The van der Waals surface area contributed by atoms with Crippen LogP contribution in [0.25, 0.3) is 0 Å². The Hall–Kier alpha value is -1.88. The van der Waals surface area contributed by atoms with Crippen LogP contribution in [0.1, 0.15) is 6.92 Å². The van der Waals surface area contributed by atoms with E-state index < -0.39 is 15.8 Å². The van der Waals surface area contributed by atoms with E-state index in [4.69, 9.17) is 18.6 Å². The fourth-order valence-electron chi connectivity index (χ4n) is 1.02. The van der Waals surface area contributed by atoms with Gasteiger partial charge in [0.25, 0.3) is 0 Å². The second-order valence-corrected chi connectivity index (χ2v) is 4.87. The van der Waals surface area contributed by atoms with E-state index in [1.54, 1.807) is 18.2 Å². The van der Waals surface area contributed by atoms with Crippen LogP contribution in [0.5, 0.6) is 0 Å². The number of sulfone groups is 1. The third kappa shape index (κ3) is 22.1. The third-order valence-corrected chi connectivity index (χ3v) is 3.21. The van der Waals surface area contributed by atoms with Gasteiger partial charge in [-0.05, 0) is 12.1 Å². The van der Waals surface area contributed by atoms with Crippen LogP contribution < -0.4 is 0 Å². The molecule has 0 unspecified atom stereocenters. The van der Waals surface area contributed by atoms with Gasteiger partial charge in [-0.1, -0.05) is 18.2 Å². The van der Waals surface area contributed by atoms with Gasteiger partial charge >= 0.3 is 51.2 Å². The zero-order chi connectivity index (χ0) is 20.0. The molecule has 0 atom stereocenters. The zero-order valence-corrected chi connectivity index (χ0v) is 14.7. The van der Waals surface area contributed by atoms with E-state index in [2.05, 4.69) is 31.3 Å². The van der Waals surface area contributed by atoms with Crippen molar-refractivity contribution >= 4 is 15.8 Å². The molecule has 1 aromatic carbocycles. The molecule has 0 bridgehead atoms. The number of hydrogen-bond acceptors (Lipinski definition) is 4. The van der Waals surface area contributed by atoms with Crippen molar-refractivity contribution in [3.05, 3.63) is 69.1 Å². The smallest absolute Gasteiger partial charge is 0 e. The summed E-state index contributed by atoms with van der Waals surface area (Å²) in [5.74, 6) is 0.590. The second kappa shape index (κ2) is 27.0. The van der Waals surface area contributed by atoms with E-state index in [9.17, 15) is 13.2 Å². The molecule has 1 aromatic rings. The van der Waals surface area contributed by atoms with Crippen molar-refractivity contribution in [1.82, 2.24) is 0 Å². The van der Waals surface area contributed by atoms with Crippen LogP contribution >= 0.6 is 0 Å². The third-order valence-electron chi connectivity index (χ3n) is 1.73. The molecule has 0 saturated heterocycles. The summed E-state index contributed by atoms with van der Waals surface area (Å²) in [7, 11) is -3.43. The van der Waals surface area contributed by atoms with Crippen LogP contribution in [0.4, 0.5) is 0 Å². The van der Waals surface area contributed by atoms with Gasteiger partial charge < -0.3 is 4.74 Å². The molecule has 8 nitrogen and oxygen atoms in total. The Morgan fingerprint density at radius 2 is 1.40 bits per heavy atom. The van der Waals surface area contributed by atoms with Crippen LogP contribution in [-0.2, 0) is 55.0 Å². The van der Waals surface area contributed by atoms with Crippen molar-refractivity contribution in [3.63, 3.8) is 0 Å². The Balaban J connectivity index is -0.000000130. The van der Waals surface area contributed by atoms with Crippen molar-refractivity contribution in [1.29, 1.82) is 0 Å². The summed E-state index contributed by atoms with van der Waals surface area (Å²) in [5, 5.41) is 0. The Morgan fingerprint density at radius 3 is 1.76 bits per heavy atom. The first-order valence-corrected chi connectivity index (χ1v) is 6.99. The number of benzene rings is 1. The van der Waals surface area contributed by atoms with E-state index in [1.165, 1.54) is 25.5 Å². The number of esters is 1. The summed E-state index contributed by atoms with van der Waals surface area (Å²) >= 11 is 0. The van der Waals surface area contributed by atoms with Gasteiger partial charge in [0.2, 0.25) is 0 Å². The number of rotatable bonds is 5. The van der Waals surface area contributed by atoms with E-state index in [0.717, 1.165) is 5.75 Å². The van der Waals surface area contributed by atoms with Gasteiger partial charge in [-0.2, -0.15) is 0 Å². The fourth-order valence-corrected chi connectivity index (χ4v) is 2.05. The van der Waals surface area contributed by atoms with Crippen molar-refractivity contribution in [2.75, 3.05) is 6.61 Å². The summed E-state index contributed by atoms with van der Waals surface area (Å²) in [4.78, 5) is 10.6. The number of carbonyl (C=O) groups is 1. The average Bonchev–Trinajstić information content (AvgIpc) is 2.66. The molecule has 0 amide bonds. The minimum Gasteiger partial charge on any atom is 0 e. The molecular formula is C15H12FeO8S. The summed E-state index contributed by atoms with van der Waals surface area (Å²) in [5.41, 5.74) is 0. The van der Waals surface area contributed by atoms with E-state index in [1.807, 2.05) is 0 Å². The second-order valence-electron chi connectivity index (χ2n) is 3.03. The minimum atomic E-state index is -3.43. The topological polar surface area (TPSA) is 140 Å². The predicted octanol–water partition coefficient (Wildman–Crippen LogP) is 1.24. The molecule has 0 saturated carbocycles. The van der Waals surface area contributed by atoms with Crippen LogP contribution in [-0.4, -0.2) is 21.0 Å². The van der Waals surface area contributed by atoms with Crippen LogP contribution in [0, 0.1) is 38.8 Å². The molecule has 0 aliphatic rings. The predicted molar refractivity (Wildman–Crippen MR) is 74.6 cm³/mol. The normalized spacial score (nSPS) is 7.40. The van der Waals surface area contributed by atoms with E-state index in [0.29, 0.717) is 0 Å². The first kappa shape index (κ1) is 34.5. The Bertz CT molecular complexity index is 579. The van der Waals surface area contributed by atoms with Crippen molar-refractivity contribution in [3.8, 4) is 0 Å². The number of carbonyl (C=O) groups excluding carboxylic acids is 1. The maximum Gasteiger partial charge on any atom is 0 e. The maximum atomic E-state index is 11.6.